The summed E-state index contributed by atoms with van der Waals surface area (Å²) in [6, 6.07) is 50.8. The first kappa shape index (κ1) is 91.3. The van der Waals surface area contributed by atoms with Crippen molar-refractivity contribution in [1.29, 1.82) is 0 Å². The maximum absolute atomic E-state index is 12.3. The van der Waals surface area contributed by atoms with Gasteiger partial charge in [0.1, 0.15) is 0 Å². The molecule has 9 rings (SSSR count). The largest absolute Gasteiger partial charge is 0.416 e. The minimum Gasteiger partial charge on any atom is -0.295 e. The molecule has 0 bridgehead atoms. The lowest BCUT2D eigenvalue weighted by atomic mass is 10.0. The van der Waals surface area contributed by atoms with Crippen molar-refractivity contribution in [3.8, 4) is 0 Å². The number of alkyl halides is 3. The molecule has 0 unspecified atom stereocenters. The zero-order valence-electron chi connectivity index (χ0n) is 54.7. The van der Waals surface area contributed by atoms with Crippen molar-refractivity contribution in [2.24, 2.45) is 0 Å². The highest BCUT2D eigenvalue weighted by molar-refractivity contribution is 14.1. The highest BCUT2D eigenvalue weighted by Gasteiger charge is 2.31. The van der Waals surface area contributed by atoms with Gasteiger partial charge in [-0.1, -0.05) is 201 Å². The molecular weight excluding hydrogens is 1750 g/mol. The SMILES string of the molecule is CC(=O)c1cc(Br)cc(Br)c1.CC(=O)c1cc(C)cc(C(F)(F)F)c1.CC(=O)c1cc(Cl)c(Cl)c(Cl)c1.CC(=O)c1cc(Cl)cc(Cl)c1.CC(=O)c1ccc(Cl)c(Cl)c1.CC(=O)c1cccc(Br)c1.CC(=O)c1cccc(C)c1.CC(=O)c1cccc(Cl)c1.CC(=O)c1cccc(I)c1. The summed E-state index contributed by atoms with van der Waals surface area (Å²) in [6.45, 7) is 16.9. The van der Waals surface area contributed by atoms with Crippen molar-refractivity contribution < 1.29 is 56.3 Å². The summed E-state index contributed by atoms with van der Waals surface area (Å²) in [5, 5.41) is 3.35. The molecule has 0 aliphatic carbocycles. The average Bonchev–Trinajstić information content (AvgIpc) is 0.841. The number of benzene rings is 9. The first-order chi connectivity index (χ1) is 45.9. The van der Waals surface area contributed by atoms with E-state index in [1.165, 1.54) is 59.7 Å². The molecule has 0 amide bonds. The first-order valence-electron chi connectivity index (χ1n) is 28.5. The number of carbonyl (C=O) groups is 9. The fraction of sp³-hybridized carbons (Fsp3) is 0.160. The number of ketones is 9. The van der Waals surface area contributed by atoms with Gasteiger partial charge in [-0.25, -0.2) is 0 Å². The van der Waals surface area contributed by atoms with Crippen molar-refractivity contribution in [1.82, 2.24) is 0 Å². The second kappa shape index (κ2) is 46.0. The summed E-state index contributed by atoms with van der Waals surface area (Å²) < 4.78 is 40.8. The summed E-state index contributed by atoms with van der Waals surface area (Å²) >= 11 is 57.4. The van der Waals surface area contributed by atoms with Crippen LogP contribution in [-0.2, 0) is 6.18 Å². The fourth-order valence-corrected chi connectivity index (χ4v) is 11.0. The van der Waals surface area contributed by atoms with Crippen LogP contribution in [0.1, 0.15) is 172 Å². The molecule has 0 N–H and O–H groups in total. The number of rotatable bonds is 9. The lowest BCUT2D eigenvalue weighted by Gasteiger charge is -2.08. The molecule has 0 saturated heterocycles. The van der Waals surface area contributed by atoms with Gasteiger partial charge in [0.25, 0.3) is 0 Å². The Kier molecular flexibility index (Phi) is 42.4. The molecule has 0 spiro atoms. The molecule has 24 heteroatoms. The van der Waals surface area contributed by atoms with Crippen LogP contribution in [0.2, 0.25) is 40.2 Å². The molecule has 0 aliphatic rings. The highest BCUT2D eigenvalue weighted by Crippen LogP contribution is 2.32. The van der Waals surface area contributed by atoms with Gasteiger partial charge >= 0.3 is 6.18 Å². The first-order valence-corrected chi connectivity index (χ1v) is 35.0. The molecule has 0 radical (unpaired) electrons. The highest BCUT2D eigenvalue weighted by atomic mass is 127. The van der Waals surface area contributed by atoms with Crippen molar-refractivity contribution >= 4 is 215 Å². The third kappa shape index (κ3) is 37.7. The van der Waals surface area contributed by atoms with Crippen molar-refractivity contribution in [3.63, 3.8) is 0 Å². The number of aryl methyl sites for hydroxylation is 2. The number of halogens is 15. The molecule has 0 fully saturated rings. The number of Topliss-reactive ketones (excluding diaryl/α,β-unsaturated/α-hetero) is 9. The molecule has 99 heavy (non-hydrogen) atoms. The van der Waals surface area contributed by atoms with Gasteiger partial charge in [0.05, 0.1) is 30.7 Å². The van der Waals surface area contributed by atoms with Crippen LogP contribution < -0.4 is 0 Å². The second-order valence-electron chi connectivity index (χ2n) is 20.7. The minimum absolute atomic E-state index is 0.0106. The van der Waals surface area contributed by atoms with E-state index < -0.39 is 11.7 Å². The maximum Gasteiger partial charge on any atom is 0.416 e. The Morgan fingerprint density at radius 2 is 0.636 bits per heavy atom. The molecule has 0 saturated carbocycles. The van der Waals surface area contributed by atoms with Crippen molar-refractivity contribution in [2.45, 2.75) is 82.3 Å². The Labute approximate surface area is 653 Å². The maximum atomic E-state index is 12.3. The van der Waals surface area contributed by atoms with Gasteiger partial charge in [-0.05, 0) is 232 Å². The van der Waals surface area contributed by atoms with Gasteiger partial charge < -0.3 is 0 Å². The zero-order chi connectivity index (χ0) is 75.8. The molecule has 0 aliphatic heterocycles. The summed E-state index contributed by atoms with van der Waals surface area (Å²) in [5.74, 6) is -0.0225. The molecule has 9 aromatic rings. The van der Waals surface area contributed by atoms with Crippen molar-refractivity contribution in [2.75, 3.05) is 0 Å². The topological polar surface area (TPSA) is 154 Å². The number of hydrogen-bond acceptors (Lipinski definition) is 9. The smallest absolute Gasteiger partial charge is 0.295 e. The Balaban J connectivity index is 0.000000558. The predicted molar refractivity (Wildman–Crippen MR) is 418 cm³/mol. The van der Waals surface area contributed by atoms with Crippen LogP contribution in [0, 0.1) is 17.4 Å². The van der Waals surface area contributed by atoms with E-state index in [-0.39, 0.29) is 62.6 Å². The quantitative estimate of drug-likeness (QED) is 0.0780. The van der Waals surface area contributed by atoms with Crippen LogP contribution in [0.5, 0.6) is 0 Å². The fourth-order valence-electron chi connectivity index (χ4n) is 7.12. The van der Waals surface area contributed by atoms with E-state index in [2.05, 4.69) is 70.4 Å². The monoisotopic (exact) mass is 1810 g/mol. The number of carbonyl (C=O) groups excluding carboxylic acids is 9. The summed E-state index contributed by atoms with van der Waals surface area (Å²) in [5.41, 5.74) is 6.18. The van der Waals surface area contributed by atoms with Gasteiger partial charge in [0, 0.05) is 82.1 Å². The van der Waals surface area contributed by atoms with Gasteiger partial charge in [0.2, 0.25) is 0 Å². The Morgan fingerprint density at radius 3 is 1.00 bits per heavy atom. The van der Waals surface area contributed by atoms with Crippen LogP contribution in [0.15, 0.2) is 195 Å². The Hall–Kier alpha value is -5.71. The van der Waals surface area contributed by atoms with Crippen LogP contribution >= 0.6 is 163 Å². The standard InChI is InChI=1S/C10H9F3O.C9H10O.C8H6Br2O.C8H7BrO.C8H5Cl3O.2C8H6Cl2O.C8H7ClO.C8H7IO/c1-6-3-8(7(2)14)5-9(4-6)10(11,12)13;1-7-4-3-5-9(6-7)8(2)10;1-5(11)6-2-7(9)4-8(10)3-6;1-6(10)7-3-2-4-8(9)5-7;1-4(12)5-2-6(9)8(11)7(10)3-5;1-5(11)6-2-7(9)4-8(10)3-6;1-5(11)6-2-3-7(9)8(10)4-6;2*1-6(10)7-3-2-4-8(9)5-7/h3-5H,1-2H3;3-6H,1-2H3;2-4H,1H3;2-5H,1H3;2-3H,1H3;2*2-4H,1H3;2*2-5H,1H3. The minimum atomic E-state index is -4.39. The van der Waals surface area contributed by atoms with E-state index in [9.17, 15) is 56.3 Å². The molecule has 0 heterocycles. The lowest BCUT2D eigenvalue weighted by Crippen LogP contribution is -2.07. The Morgan fingerprint density at radius 1 is 0.303 bits per heavy atom. The molecule has 9 nitrogen and oxygen atoms in total. The molecule has 0 aromatic heterocycles. The molecular formula is C75H63Br3Cl8F3IO9. The Bertz CT molecular complexity index is 4010. The van der Waals surface area contributed by atoms with E-state index >= 15 is 0 Å². The van der Waals surface area contributed by atoms with Gasteiger partial charge in [-0.15, -0.1) is 0 Å². The molecule has 522 valence electrons. The second-order valence-corrected chi connectivity index (χ2v) is 28.0. The van der Waals surface area contributed by atoms with Crippen LogP contribution in [0.3, 0.4) is 0 Å². The van der Waals surface area contributed by atoms with Crippen LogP contribution in [-0.4, -0.2) is 52.0 Å². The van der Waals surface area contributed by atoms with Crippen LogP contribution in [0.4, 0.5) is 13.2 Å². The third-order valence-corrected chi connectivity index (χ3v) is 16.9. The van der Waals surface area contributed by atoms with Gasteiger partial charge in [-0.2, -0.15) is 13.2 Å². The molecule has 0 atom stereocenters. The number of hydrogen-bond donors (Lipinski definition) is 0. The van der Waals surface area contributed by atoms with Gasteiger partial charge in [0.15, 0.2) is 52.0 Å². The zero-order valence-corrected chi connectivity index (χ0v) is 67.6. The van der Waals surface area contributed by atoms with E-state index in [4.69, 9.17) is 92.8 Å². The average molecular weight is 1820 g/mol. The predicted octanol–water partition coefficient (Wildman–Crippen LogP) is 26.8. The normalized spacial score (nSPS) is 9.88. The van der Waals surface area contributed by atoms with E-state index in [0.717, 1.165) is 51.4 Å². The summed E-state index contributed by atoms with van der Waals surface area (Å²) in [4.78, 5) is 97.5. The van der Waals surface area contributed by atoms with E-state index in [1.807, 2.05) is 79.7 Å². The van der Waals surface area contributed by atoms with Crippen molar-refractivity contribution in [3.05, 3.63) is 306 Å². The van der Waals surface area contributed by atoms with E-state index in [1.54, 1.807) is 107 Å². The third-order valence-electron chi connectivity index (χ3n) is 12.2. The van der Waals surface area contributed by atoms with Crippen LogP contribution in [0.25, 0.3) is 0 Å². The summed E-state index contributed by atoms with van der Waals surface area (Å²) in [6.07, 6.45) is -4.39. The van der Waals surface area contributed by atoms with Gasteiger partial charge in [-0.3, -0.25) is 43.2 Å². The summed E-state index contributed by atoms with van der Waals surface area (Å²) in [7, 11) is 0. The molecule has 9 aromatic carbocycles. The lowest BCUT2D eigenvalue weighted by molar-refractivity contribution is -0.137. The van der Waals surface area contributed by atoms with E-state index in [0.29, 0.717) is 68.5 Å².